The highest BCUT2D eigenvalue weighted by atomic mass is 32.2. The van der Waals surface area contributed by atoms with Crippen molar-refractivity contribution in [2.24, 2.45) is 0 Å². The van der Waals surface area contributed by atoms with Crippen LogP contribution in [0.25, 0.3) is 11.0 Å². The molecule has 0 aliphatic rings. The number of hydrogen-bond donors (Lipinski definition) is 0. The Morgan fingerprint density at radius 2 is 2.00 bits per heavy atom. The molecule has 2 atom stereocenters. The van der Waals surface area contributed by atoms with Crippen molar-refractivity contribution in [3.63, 3.8) is 0 Å². The van der Waals surface area contributed by atoms with Crippen molar-refractivity contribution >= 4 is 22.3 Å². The molecule has 2 aromatic rings. The van der Waals surface area contributed by atoms with Gasteiger partial charge < -0.3 is 8.97 Å². The lowest BCUT2D eigenvalue weighted by molar-refractivity contribution is 0.345. The standard InChI is InChI=1S/C17H25NO2S/c1-6-15(18(5)21(19)17(2,3)4)11-13-7-8-14-9-10-20-16(14)12-13/h7-10,12,15H,6,11H2,1-5H3/t15-,21?/m1/s1. The average Bonchev–Trinajstić information content (AvgIpc) is 2.89. The van der Waals surface area contributed by atoms with Gasteiger partial charge in [0.15, 0.2) is 0 Å². The SMILES string of the molecule is CC[C@H](Cc1ccc2ccoc2c1)N(C)[S+]([O-])C(C)(C)C. The monoisotopic (exact) mass is 307 g/mol. The normalized spacial score (nSPS) is 15.6. The minimum Gasteiger partial charge on any atom is -0.598 e. The molecule has 2 rings (SSSR count). The number of likely N-dealkylation sites (N-methyl/N-ethyl adjacent to an activating group) is 1. The molecular formula is C17H25NO2S. The number of hydrogen-bond acceptors (Lipinski definition) is 3. The number of nitrogens with zero attached hydrogens (tertiary/aromatic N) is 1. The molecule has 1 aromatic carbocycles. The van der Waals surface area contributed by atoms with Gasteiger partial charge in [0.2, 0.25) is 0 Å². The van der Waals surface area contributed by atoms with Gasteiger partial charge in [-0.25, -0.2) is 0 Å². The van der Waals surface area contributed by atoms with Crippen LogP contribution >= 0.6 is 0 Å². The first kappa shape index (κ1) is 16.4. The van der Waals surface area contributed by atoms with Crippen LogP contribution in [0.3, 0.4) is 0 Å². The molecule has 0 amide bonds. The third kappa shape index (κ3) is 3.82. The van der Waals surface area contributed by atoms with Crippen molar-refractivity contribution in [1.82, 2.24) is 4.31 Å². The summed E-state index contributed by atoms with van der Waals surface area (Å²) in [5.74, 6) is 0. The molecule has 0 aliphatic carbocycles. The molecule has 0 N–H and O–H groups in total. The Hall–Kier alpha value is -0.970. The summed E-state index contributed by atoms with van der Waals surface area (Å²) in [6.45, 7) is 8.19. The van der Waals surface area contributed by atoms with Crippen molar-refractivity contribution in [3.8, 4) is 0 Å². The highest BCUT2D eigenvalue weighted by molar-refractivity contribution is 7.90. The fraction of sp³-hybridized carbons (Fsp3) is 0.529. The Kier molecular flexibility index (Phi) is 5.02. The summed E-state index contributed by atoms with van der Waals surface area (Å²) in [5, 5.41) is 1.12. The van der Waals surface area contributed by atoms with Crippen LogP contribution in [0.2, 0.25) is 0 Å². The highest BCUT2D eigenvalue weighted by Crippen LogP contribution is 2.25. The molecular weight excluding hydrogens is 282 g/mol. The molecule has 116 valence electrons. The zero-order valence-corrected chi connectivity index (χ0v) is 14.4. The Morgan fingerprint density at radius 1 is 1.29 bits per heavy atom. The zero-order chi connectivity index (χ0) is 15.6. The minimum atomic E-state index is -0.995. The molecule has 1 heterocycles. The van der Waals surface area contributed by atoms with Crippen molar-refractivity contribution in [1.29, 1.82) is 0 Å². The van der Waals surface area contributed by atoms with Gasteiger partial charge in [-0.15, -0.1) is 4.31 Å². The van der Waals surface area contributed by atoms with Crippen LogP contribution < -0.4 is 0 Å². The van der Waals surface area contributed by atoms with Crippen LogP contribution in [0.15, 0.2) is 34.9 Å². The number of fused-ring (bicyclic) bond motifs is 1. The summed E-state index contributed by atoms with van der Waals surface area (Å²) in [4.78, 5) is 0. The van der Waals surface area contributed by atoms with E-state index < -0.39 is 11.4 Å². The molecule has 0 spiro atoms. The second kappa shape index (κ2) is 6.42. The van der Waals surface area contributed by atoms with Gasteiger partial charge in [0.05, 0.1) is 12.3 Å². The Bertz CT molecular complexity index is 588. The summed E-state index contributed by atoms with van der Waals surface area (Å²) < 4.78 is 19.8. The topological polar surface area (TPSA) is 39.4 Å². The van der Waals surface area contributed by atoms with Crippen LogP contribution in [-0.2, 0) is 17.8 Å². The lowest BCUT2D eigenvalue weighted by Crippen LogP contribution is -2.46. The van der Waals surface area contributed by atoms with E-state index >= 15 is 0 Å². The molecule has 0 aliphatic heterocycles. The number of furan rings is 1. The smallest absolute Gasteiger partial charge is 0.137 e. The van der Waals surface area contributed by atoms with E-state index in [0.29, 0.717) is 0 Å². The summed E-state index contributed by atoms with van der Waals surface area (Å²) >= 11 is -0.995. The minimum absolute atomic E-state index is 0.229. The second-order valence-electron chi connectivity index (χ2n) is 6.47. The lowest BCUT2D eigenvalue weighted by atomic mass is 10.0. The third-order valence-corrected chi connectivity index (χ3v) is 5.63. The van der Waals surface area contributed by atoms with Crippen molar-refractivity contribution in [2.45, 2.75) is 51.3 Å². The molecule has 0 bridgehead atoms. The van der Waals surface area contributed by atoms with E-state index in [1.807, 2.05) is 38.2 Å². The zero-order valence-electron chi connectivity index (χ0n) is 13.6. The fourth-order valence-corrected chi connectivity index (χ4v) is 3.85. The molecule has 0 radical (unpaired) electrons. The van der Waals surface area contributed by atoms with E-state index in [-0.39, 0.29) is 10.8 Å². The molecule has 0 saturated carbocycles. The quantitative estimate of drug-likeness (QED) is 0.779. The van der Waals surface area contributed by atoms with Crippen LogP contribution in [-0.4, -0.2) is 26.7 Å². The summed E-state index contributed by atoms with van der Waals surface area (Å²) in [5.41, 5.74) is 2.14. The predicted octanol–water partition coefficient (Wildman–Crippen LogP) is 4.15. The van der Waals surface area contributed by atoms with E-state index in [9.17, 15) is 4.55 Å². The van der Waals surface area contributed by atoms with E-state index in [1.54, 1.807) is 6.26 Å². The maximum Gasteiger partial charge on any atom is 0.137 e. The second-order valence-corrected chi connectivity index (χ2v) is 8.77. The molecule has 4 heteroatoms. The Labute approximate surface area is 130 Å². The van der Waals surface area contributed by atoms with Crippen LogP contribution in [0.1, 0.15) is 39.7 Å². The molecule has 3 nitrogen and oxygen atoms in total. The van der Waals surface area contributed by atoms with Gasteiger partial charge in [0, 0.05) is 23.8 Å². The molecule has 21 heavy (non-hydrogen) atoms. The van der Waals surface area contributed by atoms with Crippen LogP contribution in [0.5, 0.6) is 0 Å². The van der Waals surface area contributed by atoms with Crippen molar-refractivity contribution in [3.05, 3.63) is 36.1 Å². The number of benzene rings is 1. The van der Waals surface area contributed by atoms with E-state index in [2.05, 4.69) is 25.1 Å². The van der Waals surface area contributed by atoms with Gasteiger partial charge in [-0.2, -0.15) is 0 Å². The first-order chi connectivity index (χ1) is 9.82. The molecule has 1 aromatic heterocycles. The first-order valence-electron chi connectivity index (χ1n) is 7.44. The Balaban J connectivity index is 2.14. The third-order valence-electron chi connectivity index (χ3n) is 3.76. The van der Waals surface area contributed by atoms with Gasteiger partial charge in [-0.05, 0) is 51.3 Å². The molecule has 1 unspecified atom stereocenters. The van der Waals surface area contributed by atoms with Gasteiger partial charge in [0.25, 0.3) is 0 Å². The van der Waals surface area contributed by atoms with Gasteiger partial charge in [-0.3, -0.25) is 0 Å². The summed E-state index contributed by atoms with van der Waals surface area (Å²) in [6.07, 6.45) is 3.56. The van der Waals surface area contributed by atoms with Gasteiger partial charge >= 0.3 is 0 Å². The van der Waals surface area contributed by atoms with E-state index in [4.69, 9.17) is 4.42 Å². The average molecular weight is 307 g/mol. The summed E-state index contributed by atoms with van der Waals surface area (Å²) in [6, 6.07) is 8.54. The maximum atomic E-state index is 12.5. The fourth-order valence-electron chi connectivity index (χ4n) is 2.50. The van der Waals surface area contributed by atoms with Crippen molar-refractivity contribution < 1.29 is 8.97 Å². The predicted molar refractivity (Wildman–Crippen MR) is 89.7 cm³/mol. The van der Waals surface area contributed by atoms with Crippen LogP contribution in [0.4, 0.5) is 0 Å². The van der Waals surface area contributed by atoms with Crippen LogP contribution in [0, 0.1) is 0 Å². The van der Waals surface area contributed by atoms with Gasteiger partial charge in [-0.1, -0.05) is 19.1 Å². The van der Waals surface area contributed by atoms with E-state index in [1.165, 1.54) is 5.56 Å². The van der Waals surface area contributed by atoms with Crippen molar-refractivity contribution in [2.75, 3.05) is 7.05 Å². The highest BCUT2D eigenvalue weighted by Gasteiger charge is 2.34. The number of rotatable bonds is 5. The lowest BCUT2D eigenvalue weighted by Gasteiger charge is -2.34. The Morgan fingerprint density at radius 3 is 2.62 bits per heavy atom. The molecule has 0 saturated heterocycles. The van der Waals surface area contributed by atoms with Gasteiger partial charge in [0.1, 0.15) is 10.3 Å². The van der Waals surface area contributed by atoms with E-state index in [0.717, 1.165) is 23.8 Å². The largest absolute Gasteiger partial charge is 0.598 e. The first-order valence-corrected chi connectivity index (χ1v) is 8.54. The summed E-state index contributed by atoms with van der Waals surface area (Å²) in [7, 11) is 1.96. The maximum absolute atomic E-state index is 12.5. The molecule has 0 fully saturated rings.